The lowest BCUT2D eigenvalue weighted by atomic mass is 9.88. The van der Waals surface area contributed by atoms with E-state index < -0.39 is 0 Å². The molecule has 4 aromatic rings. The van der Waals surface area contributed by atoms with Crippen LogP contribution in [0.1, 0.15) is 54.6 Å². The molecule has 1 saturated heterocycles. The number of carbonyl (C=O) groups is 1. The third-order valence-corrected chi connectivity index (χ3v) is 5.79. The Hall–Kier alpha value is -3.74. The third kappa shape index (κ3) is 6.34. The summed E-state index contributed by atoms with van der Waals surface area (Å²) in [6.45, 7) is 7.89. The van der Waals surface area contributed by atoms with Crippen molar-refractivity contribution in [3.05, 3.63) is 53.0 Å². The molecule has 196 valence electrons. The first-order valence-corrected chi connectivity index (χ1v) is 11.9. The normalized spacial score (nSPS) is 15.4. The molecule has 1 unspecified atom stereocenters. The SMILES string of the molecule is CC(C)(C)c1cc2nnc(-c3cc(CO)on3)n2nc1OCc1ccc(C=O)cn1.CNC1CCOC1. The largest absolute Gasteiger partial charge is 0.470 e. The Labute approximate surface area is 214 Å². The number of hydrogen-bond acceptors (Lipinski definition) is 11. The van der Waals surface area contributed by atoms with E-state index in [1.54, 1.807) is 18.2 Å². The molecule has 5 heterocycles. The molecule has 0 bridgehead atoms. The van der Waals surface area contributed by atoms with Gasteiger partial charge in [0.2, 0.25) is 11.7 Å². The summed E-state index contributed by atoms with van der Waals surface area (Å²) in [4.78, 5) is 15.0. The molecule has 1 aliphatic heterocycles. The fraction of sp³-hybridized carbons (Fsp3) is 0.440. The number of aromatic nitrogens is 6. The minimum atomic E-state index is -0.268. The van der Waals surface area contributed by atoms with Crippen molar-refractivity contribution in [1.29, 1.82) is 0 Å². The van der Waals surface area contributed by atoms with Crippen LogP contribution in [0.5, 0.6) is 5.88 Å². The highest BCUT2D eigenvalue weighted by Gasteiger charge is 2.24. The highest BCUT2D eigenvalue weighted by atomic mass is 16.5. The van der Waals surface area contributed by atoms with Crippen LogP contribution in [0.4, 0.5) is 0 Å². The van der Waals surface area contributed by atoms with Crippen LogP contribution in [0, 0.1) is 0 Å². The van der Waals surface area contributed by atoms with Crippen molar-refractivity contribution in [1.82, 2.24) is 35.3 Å². The molecule has 0 aromatic carbocycles. The number of pyridine rings is 1. The molecule has 0 amide bonds. The molecule has 1 fully saturated rings. The second kappa shape index (κ2) is 11.5. The van der Waals surface area contributed by atoms with Gasteiger partial charge in [-0.05, 0) is 37.1 Å². The van der Waals surface area contributed by atoms with Gasteiger partial charge in [-0.25, -0.2) is 0 Å². The van der Waals surface area contributed by atoms with E-state index in [1.807, 2.05) is 33.9 Å². The predicted octanol–water partition coefficient (Wildman–Crippen LogP) is 2.35. The maximum absolute atomic E-state index is 10.8. The molecule has 37 heavy (non-hydrogen) atoms. The molecule has 5 rings (SSSR count). The Bertz CT molecular complexity index is 1320. The van der Waals surface area contributed by atoms with Gasteiger partial charge in [0.25, 0.3) is 0 Å². The standard InChI is InChI=1S/C20H20N6O4.C5H11NO/c1-20(2,3)15-7-17-22-23-18(16-6-14(10-28)30-25-16)26(17)24-19(15)29-11-13-5-4-12(9-27)8-21-13;1-6-5-2-3-7-4-5/h4-9,28H,10-11H2,1-3H3;5-6H,2-4H2,1H3. The van der Waals surface area contributed by atoms with Gasteiger partial charge in [-0.15, -0.1) is 15.3 Å². The molecule has 0 aliphatic carbocycles. The molecular formula is C25H31N7O5. The monoisotopic (exact) mass is 509 g/mol. The zero-order valence-corrected chi connectivity index (χ0v) is 21.3. The molecule has 1 aliphatic rings. The van der Waals surface area contributed by atoms with Gasteiger partial charge < -0.3 is 24.4 Å². The molecule has 2 N–H and O–H groups in total. The van der Waals surface area contributed by atoms with E-state index in [0.29, 0.717) is 46.1 Å². The lowest BCUT2D eigenvalue weighted by molar-refractivity contribution is 0.112. The number of rotatable bonds is 7. The number of nitrogens with one attached hydrogen (secondary N) is 1. The number of hydrogen-bond donors (Lipinski definition) is 2. The van der Waals surface area contributed by atoms with Gasteiger partial charge >= 0.3 is 0 Å². The van der Waals surface area contributed by atoms with Gasteiger partial charge in [0.15, 0.2) is 23.4 Å². The average molecular weight is 510 g/mol. The molecule has 0 spiro atoms. The number of aliphatic hydroxyl groups excluding tert-OH is 1. The summed E-state index contributed by atoms with van der Waals surface area (Å²) in [5.74, 6) is 1.09. The minimum absolute atomic E-state index is 0.177. The summed E-state index contributed by atoms with van der Waals surface area (Å²) < 4.78 is 17.6. The second-order valence-electron chi connectivity index (χ2n) is 9.58. The van der Waals surface area contributed by atoms with Crippen LogP contribution < -0.4 is 10.1 Å². The van der Waals surface area contributed by atoms with E-state index in [4.69, 9.17) is 14.0 Å². The van der Waals surface area contributed by atoms with E-state index >= 15 is 0 Å². The van der Waals surface area contributed by atoms with Crippen LogP contribution in [0.3, 0.4) is 0 Å². The van der Waals surface area contributed by atoms with Gasteiger partial charge in [-0.2, -0.15) is 4.52 Å². The quantitative estimate of drug-likeness (QED) is 0.353. The number of carbonyl (C=O) groups excluding carboxylic acids is 1. The highest BCUT2D eigenvalue weighted by Crippen LogP contribution is 2.32. The van der Waals surface area contributed by atoms with E-state index in [0.717, 1.165) is 25.1 Å². The Balaban J connectivity index is 0.000000396. The zero-order valence-electron chi connectivity index (χ0n) is 21.3. The summed E-state index contributed by atoms with van der Waals surface area (Å²) in [5, 5.41) is 29.2. The van der Waals surface area contributed by atoms with Gasteiger partial charge in [-0.1, -0.05) is 25.9 Å². The molecule has 1 atom stereocenters. The summed E-state index contributed by atoms with van der Waals surface area (Å²) in [7, 11) is 1.97. The van der Waals surface area contributed by atoms with Crippen LogP contribution in [0.25, 0.3) is 17.2 Å². The first kappa shape index (κ1) is 26.3. The van der Waals surface area contributed by atoms with Crippen LogP contribution >= 0.6 is 0 Å². The number of likely N-dealkylation sites (N-methyl/N-ethyl adjacent to an activating group) is 1. The van der Waals surface area contributed by atoms with E-state index in [9.17, 15) is 9.90 Å². The topological polar surface area (TPSA) is 150 Å². The van der Waals surface area contributed by atoms with Gasteiger partial charge in [0, 0.05) is 36.0 Å². The zero-order chi connectivity index (χ0) is 26.4. The van der Waals surface area contributed by atoms with Gasteiger partial charge in [-0.3, -0.25) is 9.78 Å². The van der Waals surface area contributed by atoms with Crippen molar-refractivity contribution < 1.29 is 23.9 Å². The maximum Gasteiger partial charge on any atom is 0.236 e. The van der Waals surface area contributed by atoms with Crippen molar-refractivity contribution in [2.24, 2.45) is 0 Å². The number of aliphatic hydroxyl groups is 1. The number of ether oxygens (including phenoxy) is 2. The maximum atomic E-state index is 10.8. The fourth-order valence-electron chi connectivity index (χ4n) is 3.61. The first-order chi connectivity index (χ1) is 17.8. The lowest BCUT2D eigenvalue weighted by Gasteiger charge is -2.21. The minimum Gasteiger partial charge on any atom is -0.470 e. The Morgan fingerprint density at radius 1 is 1.27 bits per heavy atom. The van der Waals surface area contributed by atoms with Crippen LogP contribution in [-0.4, -0.2) is 67.6 Å². The number of nitrogens with zero attached hydrogens (tertiary/aromatic N) is 6. The molecule has 0 saturated carbocycles. The summed E-state index contributed by atoms with van der Waals surface area (Å²) in [6.07, 6.45) is 3.41. The van der Waals surface area contributed by atoms with E-state index in [-0.39, 0.29) is 18.6 Å². The van der Waals surface area contributed by atoms with Crippen LogP contribution in [0.15, 0.2) is 35.0 Å². The first-order valence-electron chi connectivity index (χ1n) is 11.9. The van der Waals surface area contributed by atoms with Gasteiger partial charge in [0.05, 0.1) is 12.3 Å². The van der Waals surface area contributed by atoms with E-state index in [2.05, 4.69) is 30.8 Å². The van der Waals surface area contributed by atoms with Crippen molar-refractivity contribution in [3.63, 3.8) is 0 Å². The highest BCUT2D eigenvalue weighted by molar-refractivity contribution is 5.73. The molecule has 12 heteroatoms. The lowest BCUT2D eigenvalue weighted by Crippen LogP contribution is -2.24. The Kier molecular flexibility index (Phi) is 8.21. The number of fused-ring (bicyclic) bond motifs is 1. The smallest absolute Gasteiger partial charge is 0.236 e. The van der Waals surface area contributed by atoms with Crippen LogP contribution in [0.2, 0.25) is 0 Å². The second-order valence-corrected chi connectivity index (χ2v) is 9.58. The van der Waals surface area contributed by atoms with Crippen molar-refractivity contribution in [2.45, 2.75) is 51.9 Å². The molecule has 12 nitrogen and oxygen atoms in total. The predicted molar refractivity (Wildman–Crippen MR) is 133 cm³/mol. The molecular weight excluding hydrogens is 478 g/mol. The average Bonchev–Trinajstić information content (AvgIpc) is 3.67. The summed E-state index contributed by atoms with van der Waals surface area (Å²) in [5.41, 5.74) is 2.69. The Morgan fingerprint density at radius 3 is 2.68 bits per heavy atom. The van der Waals surface area contributed by atoms with E-state index in [1.165, 1.54) is 17.1 Å². The number of aldehydes is 1. The summed E-state index contributed by atoms with van der Waals surface area (Å²) >= 11 is 0. The van der Waals surface area contributed by atoms with Crippen molar-refractivity contribution in [3.8, 4) is 17.4 Å². The fourth-order valence-corrected chi connectivity index (χ4v) is 3.61. The van der Waals surface area contributed by atoms with Gasteiger partial charge in [0.1, 0.15) is 13.2 Å². The summed E-state index contributed by atoms with van der Waals surface area (Å²) in [6, 6.07) is 7.49. The Morgan fingerprint density at radius 2 is 2.11 bits per heavy atom. The van der Waals surface area contributed by atoms with Crippen molar-refractivity contribution >= 4 is 11.9 Å². The molecule has 0 radical (unpaired) electrons. The van der Waals surface area contributed by atoms with Crippen LogP contribution in [-0.2, 0) is 23.4 Å². The van der Waals surface area contributed by atoms with Crippen molar-refractivity contribution in [2.75, 3.05) is 20.3 Å². The third-order valence-electron chi connectivity index (χ3n) is 5.79. The molecule has 4 aromatic heterocycles.